The molecule has 1 aromatic carbocycles. The third-order valence-corrected chi connectivity index (χ3v) is 2.79. The van der Waals surface area contributed by atoms with Crippen molar-refractivity contribution < 1.29 is 13.9 Å². The van der Waals surface area contributed by atoms with Gasteiger partial charge in [-0.3, -0.25) is 4.79 Å². The molecular formula is C10H7IO3. The smallest absolute Gasteiger partial charge is 0.293 e. The molecule has 0 fully saturated rings. The van der Waals surface area contributed by atoms with Gasteiger partial charge in [-0.1, -0.05) is 12.1 Å². The first-order chi connectivity index (χ1) is 6.83. The topological polar surface area (TPSA) is 39.4 Å². The Balaban J connectivity index is 2.47. The third-order valence-electron chi connectivity index (χ3n) is 1.94. The molecule has 1 aromatic heterocycles. The van der Waals surface area contributed by atoms with Gasteiger partial charge in [-0.25, -0.2) is 0 Å². The van der Waals surface area contributed by atoms with Crippen LogP contribution in [0, 0.1) is 3.57 Å². The van der Waals surface area contributed by atoms with Gasteiger partial charge in [0, 0.05) is 10.9 Å². The van der Waals surface area contributed by atoms with Gasteiger partial charge in [0.1, 0.15) is 12.2 Å². The SMILES string of the molecule is O=COCc1coc2c(I)cccc12. The average molecular weight is 302 g/mol. The van der Waals surface area contributed by atoms with E-state index >= 15 is 0 Å². The van der Waals surface area contributed by atoms with Crippen LogP contribution in [0.15, 0.2) is 28.9 Å². The number of furan rings is 1. The van der Waals surface area contributed by atoms with Crippen LogP contribution in [-0.2, 0) is 16.1 Å². The molecule has 0 aliphatic carbocycles. The van der Waals surface area contributed by atoms with Crippen molar-refractivity contribution >= 4 is 40.0 Å². The van der Waals surface area contributed by atoms with Gasteiger partial charge in [-0.05, 0) is 28.7 Å². The number of halogens is 1. The summed E-state index contributed by atoms with van der Waals surface area (Å²) in [5.74, 6) is 0. The summed E-state index contributed by atoms with van der Waals surface area (Å²) < 4.78 is 11.1. The highest BCUT2D eigenvalue weighted by molar-refractivity contribution is 14.1. The number of hydrogen-bond donors (Lipinski definition) is 0. The number of para-hydroxylation sites is 1. The van der Waals surface area contributed by atoms with Gasteiger partial charge in [-0.2, -0.15) is 0 Å². The highest BCUT2D eigenvalue weighted by Gasteiger charge is 2.07. The molecule has 0 amide bonds. The van der Waals surface area contributed by atoms with Crippen LogP contribution >= 0.6 is 22.6 Å². The molecule has 0 aliphatic heterocycles. The third kappa shape index (κ3) is 1.61. The zero-order chi connectivity index (χ0) is 9.97. The van der Waals surface area contributed by atoms with Gasteiger partial charge in [-0.15, -0.1) is 0 Å². The maximum absolute atomic E-state index is 10.0. The van der Waals surface area contributed by atoms with Gasteiger partial charge in [0.05, 0.1) is 9.83 Å². The number of hydrogen-bond acceptors (Lipinski definition) is 3. The Morgan fingerprint density at radius 2 is 2.36 bits per heavy atom. The molecule has 0 unspecified atom stereocenters. The molecule has 0 atom stereocenters. The van der Waals surface area contributed by atoms with E-state index < -0.39 is 0 Å². The lowest BCUT2D eigenvalue weighted by atomic mass is 10.2. The van der Waals surface area contributed by atoms with Crippen LogP contribution in [0.4, 0.5) is 0 Å². The van der Waals surface area contributed by atoms with Gasteiger partial charge in [0.15, 0.2) is 0 Å². The highest BCUT2D eigenvalue weighted by Crippen LogP contribution is 2.25. The Hall–Kier alpha value is -1.04. The van der Waals surface area contributed by atoms with Crippen molar-refractivity contribution in [1.82, 2.24) is 0 Å². The van der Waals surface area contributed by atoms with Gasteiger partial charge in [0.2, 0.25) is 0 Å². The summed E-state index contributed by atoms with van der Waals surface area (Å²) >= 11 is 2.21. The summed E-state index contributed by atoms with van der Waals surface area (Å²) in [4.78, 5) is 10.0. The zero-order valence-corrected chi connectivity index (χ0v) is 9.35. The van der Waals surface area contributed by atoms with E-state index in [0.717, 1.165) is 20.1 Å². The molecule has 2 aromatic rings. The molecule has 2 rings (SSSR count). The Morgan fingerprint density at radius 3 is 3.14 bits per heavy atom. The number of benzene rings is 1. The molecule has 1 heterocycles. The van der Waals surface area contributed by atoms with E-state index in [-0.39, 0.29) is 6.61 Å². The molecule has 0 radical (unpaired) electrons. The van der Waals surface area contributed by atoms with E-state index in [0.29, 0.717) is 6.47 Å². The average Bonchev–Trinajstić information content (AvgIpc) is 2.60. The molecule has 4 heteroatoms. The minimum Gasteiger partial charge on any atom is -0.463 e. The molecule has 14 heavy (non-hydrogen) atoms. The van der Waals surface area contributed by atoms with Crippen molar-refractivity contribution in [1.29, 1.82) is 0 Å². The maximum atomic E-state index is 10.0. The lowest BCUT2D eigenvalue weighted by Crippen LogP contribution is -1.87. The van der Waals surface area contributed by atoms with E-state index in [2.05, 4.69) is 27.3 Å². The minimum absolute atomic E-state index is 0.261. The second kappa shape index (κ2) is 4.00. The minimum atomic E-state index is 0.261. The number of rotatable bonds is 3. The first kappa shape index (κ1) is 9.51. The summed E-state index contributed by atoms with van der Waals surface area (Å²) in [7, 11) is 0. The molecule has 0 N–H and O–H groups in total. The summed E-state index contributed by atoms with van der Waals surface area (Å²) in [6, 6.07) is 5.87. The Morgan fingerprint density at radius 1 is 1.50 bits per heavy atom. The summed E-state index contributed by atoms with van der Waals surface area (Å²) in [6.07, 6.45) is 1.62. The fourth-order valence-electron chi connectivity index (χ4n) is 1.31. The molecule has 72 valence electrons. The molecule has 0 bridgehead atoms. The molecule has 0 spiro atoms. The fraction of sp³-hybridized carbons (Fsp3) is 0.100. The Kier molecular flexibility index (Phi) is 2.72. The van der Waals surface area contributed by atoms with Crippen LogP contribution in [-0.4, -0.2) is 6.47 Å². The second-order valence-electron chi connectivity index (χ2n) is 2.78. The number of carbonyl (C=O) groups excluding carboxylic acids is 1. The molecule has 0 aliphatic rings. The van der Waals surface area contributed by atoms with Crippen molar-refractivity contribution in [2.75, 3.05) is 0 Å². The monoisotopic (exact) mass is 302 g/mol. The predicted octanol–water partition coefficient (Wildman–Crippen LogP) is 2.71. The van der Waals surface area contributed by atoms with Crippen molar-refractivity contribution in [2.45, 2.75) is 6.61 Å². The summed E-state index contributed by atoms with van der Waals surface area (Å²) in [5.41, 5.74) is 1.74. The molecular weight excluding hydrogens is 295 g/mol. The van der Waals surface area contributed by atoms with Gasteiger partial charge < -0.3 is 9.15 Å². The standard InChI is InChI=1S/C10H7IO3/c11-9-3-1-2-8-7(4-13-6-12)5-14-10(8)9/h1-3,5-6H,4H2. The van der Waals surface area contributed by atoms with Crippen molar-refractivity contribution in [2.24, 2.45) is 0 Å². The normalized spacial score (nSPS) is 10.4. The van der Waals surface area contributed by atoms with Crippen LogP contribution in [0.25, 0.3) is 11.0 Å². The van der Waals surface area contributed by atoms with E-state index in [4.69, 9.17) is 4.42 Å². The van der Waals surface area contributed by atoms with Crippen LogP contribution in [0.5, 0.6) is 0 Å². The Bertz CT molecular complexity index is 461. The van der Waals surface area contributed by atoms with Crippen LogP contribution in [0.3, 0.4) is 0 Å². The lowest BCUT2D eigenvalue weighted by Gasteiger charge is -1.95. The first-order valence-electron chi connectivity index (χ1n) is 4.03. The maximum Gasteiger partial charge on any atom is 0.293 e. The van der Waals surface area contributed by atoms with Crippen molar-refractivity contribution in [3.63, 3.8) is 0 Å². The van der Waals surface area contributed by atoms with Crippen molar-refractivity contribution in [3.8, 4) is 0 Å². The number of ether oxygens (including phenoxy) is 1. The van der Waals surface area contributed by atoms with E-state index in [1.807, 2.05) is 18.2 Å². The zero-order valence-electron chi connectivity index (χ0n) is 7.20. The van der Waals surface area contributed by atoms with Gasteiger partial charge in [0.25, 0.3) is 6.47 Å². The molecule has 0 saturated heterocycles. The predicted molar refractivity (Wildman–Crippen MR) is 59.8 cm³/mol. The lowest BCUT2D eigenvalue weighted by molar-refractivity contribution is -0.129. The largest absolute Gasteiger partial charge is 0.463 e. The van der Waals surface area contributed by atoms with E-state index in [1.54, 1.807) is 6.26 Å². The van der Waals surface area contributed by atoms with E-state index in [9.17, 15) is 4.79 Å². The van der Waals surface area contributed by atoms with E-state index in [1.165, 1.54) is 0 Å². The number of fused-ring (bicyclic) bond motifs is 1. The van der Waals surface area contributed by atoms with Crippen LogP contribution in [0.1, 0.15) is 5.56 Å². The summed E-state index contributed by atoms with van der Waals surface area (Å²) in [6.45, 7) is 0.698. The second-order valence-corrected chi connectivity index (χ2v) is 3.95. The molecule has 0 saturated carbocycles. The first-order valence-corrected chi connectivity index (χ1v) is 5.10. The van der Waals surface area contributed by atoms with Crippen molar-refractivity contribution in [3.05, 3.63) is 33.6 Å². The highest BCUT2D eigenvalue weighted by atomic mass is 127. The quantitative estimate of drug-likeness (QED) is 0.646. The fourth-order valence-corrected chi connectivity index (χ4v) is 1.94. The summed E-state index contributed by atoms with van der Waals surface area (Å²) in [5, 5.41) is 0.999. The van der Waals surface area contributed by atoms with Crippen LogP contribution in [0.2, 0.25) is 0 Å². The van der Waals surface area contributed by atoms with Gasteiger partial charge >= 0.3 is 0 Å². The number of carbonyl (C=O) groups is 1. The Labute approximate surface area is 94.2 Å². The molecule has 3 nitrogen and oxygen atoms in total. The van der Waals surface area contributed by atoms with Crippen LogP contribution < -0.4 is 0 Å².